The summed E-state index contributed by atoms with van der Waals surface area (Å²) < 4.78 is 2.53. The molecule has 3 aromatic carbocycles. The van der Waals surface area contributed by atoms with E-state index in [1.807, 2.05) is 0 Å². The molecule has 9 rings (SSSR count). The van der Waals surface area contributed by atoms with Crippen LogP contribution >= 0.6 is 0 Å². The van der Waals surface area contributed by atoms with Crippen LogP contribution in [-0.2, 0) is 0 Å². The van der Waals surface area contributed by atoms with Gasteiger partial charge in [0.25, 0.3) is 0 Å². The van der Waals surface area contributed by atoms with Crippen molar-refractivity contribution in [2.75, 3.05) is 0 Å². The highest BCUT2D eigenvalue weighted by atomic mass is 15.0. The maximum Gasteiger partial charge on any atom is 0.145 e. The van der Waals surface area contributed by atoms with E-state index in [0.717, 1.165) is 17.5 Å². The predicted molar refractivity (Wildman–Crippen MR) is 180 cm³/mol. The first kappa shape index (κ1) is 26.3. The number of imidazole rings is 1. The summed E-state index contributed by atoms with van der Waals surface area (Å²) in [6, 6.07) is 25.3. The number of hydrogen-bond acceptors (Lipinski definition) is 1. The highest BCUT2D eigenvalue weighted by molar-refractivity contribution is 6.12. The summed E-state index contributed by atoms with van der Waals surface area (Å²) in [6.45, 7) is 15.5. The molecular weight excluding hydrogens is 520 g/mol. The monoisotopic (exact) mass is 566 g/mol. The lowest BCUT2D eigenvalue weighted by atomic mass is 9.62. The van der Waals surface area contributed by atoms with Crippen LogP contribution < -0.4 is 0 Å². The molecule has 0 aliphatic heterocycles. The zero-order valence-corrected chi connectivity index (χ0v) is 26.9. The smallest absolute Gasteiger partial charge is 0.145 e. The normalized spacial score (nSPS) is 33.8. The fourth-order valence-electron chi connectivity index (χ4n) is 11.6. The van der Waals surface area contributed by atoms with Gasteiger partial charge in [0.1, 0.15) is 5.65 Å². The molecule has 6 unspecified atom stereocenters. The van der Waals surface area contributed by atoms with Gasteiger partial charge in [-0.1, -0.05) is 102 Å². The number of rotatable bonds is 3. The van der Waals surface area contributed by atoms with E-state index in [9.17, 15) is 0 Å². The first-order chi connectivity index (χ1) is 20.6. The highest BCUT2D eigenvalue weighted by Gasteiger charge is 2.63. The number of para-hydroxylation sites is 1. The third-order valence-electron chi connectivity index (χ3n) is 15.1. The van der Waals surface area contributed by atoms with Gasteiger partial charge in [-0.15, -0.1) is 0 Å². The van der Waals surface area contributed by atoms with Crippen LogP contribution in [-0.4, -0.2) is 9.38 Å². The average Bonchev–Trinajstić information content (AvgIpc) is 3.71. The molecule has 220 valence electrons. The van der Waals surface area contributed by atoms with Crippen LogP contribution in [0.15, 0.2) is 72.9 Å². The molecule has 0 N–H and O–H groups in total. The Morgan fingerprint density at radius 3 is 1.70 bits per heavy atom. The first-order valence-electron chi connectivity index (χ1n) is 17.0. The van der Waals surface area contributed by atoms with E-state index >= 15 is 0 Å². The number of benzene rings is 3. The fourth-order valence-corrected chi connectivity index (χ4v) is 11.6. The summed E-state index contributed by atoms with van der Waals surface area (Å²) in [7, 11) is 0. The Kier molecular flexibility index (Phi) is 5.08. The predicted octanol–water partition coefficient (Wildman–Crippen LogP) is 11.2. The number of pyridine rings is 1. The topological polar surface area (TPSA) is 17.3 Å². The molecule has 5 aromatic rings. The second-order valence-corrected chi connectivity index (χ2v) is 16.5. The van der Waals surface area contributed by atoms with Crippen molar-refractivity contribution in [1.29, 1.82) is 0 Å². The molecule has 43 heavy (non-hydrogen) atoms. The molecule has 0 saturated heterocycles. The largest absolute Gasteiger partial charge is 0.292 e. The Morgan fingerprint density at radius 1 is 0.628 bits per heavy atom. The summed E-state index contributed by atoms with van der Waals surface area (Å²) >= 11 is 0. The zero-order chi connectivity index (χ0) is 29.5. The SMILES string of the molecule is CC1(C)C2CCC1(C)C(c1cccc(C3CC4CCC3(C)C4(C)C)c1-c1cnc3c4ccccc4c4ccccc4n13)C2. The number of nitrogens with zero attached hydrogens (tertiary/aromatic N) is 2. The zero-order valence-electron chi connectivity index (χ0n) is 26.9. The van der Waals surface area contributed by atoms with E-state index < -0.39 is 0 Å². The van der Waals surface area contributed by atoms with Crippen molar-refractivity contribution in [2.45, 2.75) is 91.9 Å². The lowest BCUT2D eigenvalue weighted by Gasteiger charge is -2.42. The molecule has 6 atom stereocenters. The van der Waals surface area contributed by atoms with Crippen LogP contribution in [0.1, 0.15) is 103 Å². The van der Waals surface area contributed by atoms with Crippen molar-refractivity contribution in [1.82, 2.24) is 9.38 Å². The van der Waals surface area contributed by atoms with Gasteiger partial charge in [0.15, 0.2) is 0 Å². The minimum Gasteiger partial charge on any atom is -0.292 e. The van der Waals surface area contributed by atoms with Crippen LogP contribution in [0, 0.1) is 33.5 Å². The maximum absolute atomic E-state index is 5.26. The molecule has 0 radical (unpaired) electrons. The molecule has 2 aromatic heterocycles. The van der Waals surface area contributed by atoms with E-state index in [1.165, 1.54) is 71.5 Å². The molecular formula is C41H46N2. The van der Waals surface area contributed by atoms with E-state index in [0.29, 0.717) is 33.5 Å². The molecule has 4 bridgehead atoms. The van der Waals surface area contributed by atoms with Gasteiger partial charge in [-0.2, -0.15) is 0 Å². The molecule has 2 nitrogen and oxygen atoms in total. The lowest BCUT2D eigenvalue weighted by molar-refractivity contribution is 0.133. The van der Waals surface area contributed by atoms with Crippen molar-refractivity contribution < 1.29 is 0 Å². The van der Waals surface area contributed by atoms with E-state index in [-0.39, 0.29) is 0 Å². The van der Waals surface area contributed by atoms with Gasteiger partial charge in [-0.25, -0.2) is 4.98 Å². The maximum atomic E-state index is 5.26. The van der Waals surface area contributed by atoms with E-state index in [1.54, 1.807) is 11.1 Å². The van der Waals surface area contributed by atoms with E-state index in [2.05, 4.69) is 119 Å². The Bertz CT molecular complexity index is 1900. The van der Waals surface area contributed by atoms with Crippen molar-refractivity contribution in [3.05, 3.63) is 84.1 Å². The molecule has 4 aliphatic carbocycles. The van der Waals surface area contributed by atoms with Crippen molar-refractivity contribution in [3.63, 3.8) is 0 Å². The minimum absolute atomic E-state index is 0.318. The van der Waals surface area contributed by atoms with Crippen LogP contribution in [0.3, 0.4) is 0 Å². The van der Waals surface area contributed by atoms with Crippen LogP contribution in [0.5, 0.6) is 0 Å². The number of aromatic nitrogens is 2. The van der Waals surface area contributed by atoms with Crippen molar-refractivity contribution >= 4 is 27.3 Å². The van der Waals surface area contributed by atoms with Crippen LogP contribution in [0.25, 0.3) is 38.6 Å². The van der Waals surface area contributed by atoms with Gasteiger partial charge >= 0.3 is 0 Å². The van der Waals surface area contributed by atoms with Crippen molar-refractivity contribution in [2.24, 2.45) is 33.5 Å². The van der Waals surface area contributed by atoms with Gasteiger partial charge in [0.05, 0.1) is 17.4 Å². The average molecular weight is 567 g/mol. The molecule has 4 aliphatic rings. The van der Waals surface area contributed by atoms with E-state index in [4.69, 9.17) is 4.98 Å². The fraction of sp³-hybridized carbons (Fsp3) is 0.488. The third kappa shape index (κ3) is 3.04. The first-order valence-corrected chi connectivity index (χ1v) is 17.0. The minimum atomic E-state index is 0.318. The molecule has 4 fully saturated rings. The van der Waals surface area contributed by atoms with Gasteiger partial charge in [-0.3, -0.25) is 4.40 Å². The molecule has 2 heteroatoms. The molecule has 2 heterocycles. The second kappa shape index (κ2) is 8.32. The van der Waals surface area contributed by atoms with Crippen molar-refractivity contribution in [3.8, 4) is 11.3 Å². The van der Waals surface area contributed by atoms with Crippen LogP contribution in [0.2, 0.25) is 0 Å². The molecule has 0 spiro atoms. The van der Waals surface area contributed by atoms with Gasteiger partial charge in [0.2, 0.25) is 0 Å². The van der Waals surface area contributed by atoms with Crippen LogP contribution in [0.4, 0.5) is 0 Å². The molecule has 0 amide bonds. The Hall–Kier alpha value is -3.13. The summed E-state index contributed by atoms with van der Waals surface area (Å²) in [5.74, 6) is 2.77. The Labute approximate surface area is 256 Å². The summed E-state index contributed by atoms with van der Waals surface area (Å²) in [6.07, 6.45) is 10.3. The van der Waals surface area contributed by atoms with Gasteiger partial charge < -0.3 is 0 Å². The summed E-state index contributed by atoms with van der Waals surface area (Å²) in [5.41, 5.74) is 9.73. The summed E-state index contributed by atoms with van der Waals surface area (Å²) in [5, 5.41) is 3.85. The highest BCUT2D eigenvalue weighted by Crippen LogP contribution is 2.74. The number of fused-ring (bicyclic) bond motifs is 10. The molecule has 4 saturated carbocycles. The lowest BCUT2D eigenvalue weighted by Crippen LogP contribution is -2.32. The Balaban J connectivity index is 1.37. The summed E-state index contributed by atoms with van der Waals surface area (Å²) in [4.78, 5) is 5.26. The van der Waals surface area contributed by atoms with Gasteiger partial charge in [0, 0.05) is 16.3 Å². The number of hydrogen-bond donors (Lipinski definition) is 0. The quantitative estimate of drug-likeness (QED) is 0.199. The standard InChI is InChI=1S/C41H46N2/c1-38(2)25-18-20-40(38,5)32(22-25)30-15-11-16-31(33-23-26-19-21-41(33,6)39(26,3)4)36(30)35-24-42-37-29-14-8-7-12-27(29)28-13-9-10-17-34(28)43(35)37/h7-17,24-26,32-33H,18-23H2,1-6H3. The third-order valence-corrected chi connectivity index (χ3v) is 15.1. The second-order valence-electron chi connectivity index (χ2n) is 16.5. The van der Waals surface area contributed by atoms with Gasteiger partial charge in [-0.05, 0) is 106 Å². The Morgan fingerprint density at radius 2 is 1.16 bits per heavy atom.